The molecular weight excluding hydrogens is 212 g/mol. The summed E-state index contributed by atoms with van der Waals surface area (Å²) < 4.78 is 4.80. The molecule has 0 aliphatic rings. The standard InChI is InChI=1S/C10H12N2O4/c1-2-16-10(11)9(13)7-5-3-4-6-8(7)12(14)15/h3-6,9,11,13H,2H2,1H3/t9-/m0/s1. The molecule has 0 aromatic heterocycles. The Morgan fingerprint density at radius 1 is 1.62 bits per heavy atom. The van der Waals surface area contributed by atoms with Crippen LogP contribution in [0.15, 0.2) is 24.3 Å². The maximum atomic E-state index is 10.7. The minimum atomic E-state index is -1.40. The Morgan fingerprint density at radius 2 is 2.25 bits per heavy atom. The SMILES string of the molecule is CCOC(=N)[C@@H](O)c1ccccc1[N+](=O)[O-]. The van der Waals surface area contributed by atoms with Crippen LogP contribution in [0.2, 0.25) is 0 Å². The molecule has 0 aliphatic carbocycles. The van der Waals surface area contributed by atoms with Crippen molar-refractivity contribution in [2.45, 2.75) is 13.0 Å². The molecule has 0 aliphatic heterocycles. The number of para-hydroxylation sites is 1. The number of benzene rings is 1. The third kappa shape index (κ3) is 2.54. The van der Waals surface area contributed by atoms with Gasteiger partial charge in [-0.2, -0.15) is 0 Å². The smallest absolute Gasteiger partial charge is 0.275 e. The molecule has 0 saturated heterocycles. The highest BCUT2D eigenvalue weighted by atomic mass is 16.6. The average molecular weight is 224 g/mol. The number of nitrogens with one attached hydrogen (secondary N) is 1. The molecule has 0 saturated carbocycles. The first-order valence-corrected chi connectivity index (χ1v) is 4.70. The van der Waals surface area contributed by atoms with Crippen molar-refractivity contribution in [3.63, 3.8) is 0 Å². The summed E-state index contributed by atoms with van der Waals surface area (Å²) in [6.07, 6.45) is -1.40. The normalized spacial score (nSPS) is 11.9. The molecule has 6 nitrogen and oxygen atoms in total. The predicted octanol–water partition coefficient (Wildman–Crippen LogP) is 1.64. The Morgan fingerprint density at radius 3 is 2.81 bits per heavy atom. The molecule has 86 valence electrons. The lowest BCUT2D eigenvalue weighted by atomic mass is 10.1. The summed E-state index contributed by atoms with van der Waals surface area (Å²) >= 11 is 0. The molecular formula is C10H12N2O4. The molecule has 0 spiro atoms. The van der Waals surface area contributed by atoms with E-state index in [4.69, 9.17) is 10.1 Å². The van der Waals surface area contributed by atoms with Crippen LogP contribution >= 0.6 is 0 Å². The summed E-state index contributed by atoms with van der Waals surface area (Å²) in [5, 5.41) is 27.8. The Bertz CT molecular complexity index is 406. The van der Waals surface area contributed by atoms with Crippen LogP contribution in [0.4, 0.5) is 5.69 Å². The Labute approximate surface area is 92.1 Å². The zero-order valence-electron chi connectivity index (χ0n) is 8.71. The van der Waals surface area contributed by atoms with Gasteiger partial charge in [0, 0.05) is 6.07 Å². The van der Waals surface area contributed by atoms with Gasteiger partial charge in [0.1, 0.15) is 0 Å². The lowest BCUT2D eigenvalue weighted by molar-refractivity contribution is -0.386. The molecule has 0 fully saturated rings. The van der Waals surface area contributed by atoms with Crippen LogP contribution in [-0.2, 0) is 4.74 Å². The number of hydrogen-bond acceptors (Lipinski definition) is 5. The third-order valence-corrected chi connectivity index (χ3v) is 1.98. The van der Waals surface area contributed by atoms with E-state index >= 15 is 0 Å². The largest absolute Gasteiger partial charge is 0.479 e. The lowest BCUT2D eigenvalue weighted by Gasteiger charge is -2.12. The van der Waals surface area contributed by atoms with Gasteiger partial charge in [-0.3, -0.25) is 15.5 Å². The van der Waals surface area contributed by atoms with Crippen molar-refractivity contribution in [2.24, 2.45) is 0 Å². The van der Waals surface area contributed by atoms with Gasteiger partial charge in [-0.05, 0) is 13.0 Å². The quantitative estimate of drug-likeness (QED) is 0.351. The number of ether oxygens (including phenoxy) is 1. The van der Waals surface area contributed by atoms with Gasteiger partial charge in [0.15, 0.2) is 6.10 Å². The summed E-state index contributed by atoms with van der Waals surface area (Å²) in [5.41, 5.74) is -0.162. The van der Waals surface area contributed by atoms with Crippen LogP contribution in [0.25, 0.3) is 0 Å². The highest BCUT2D eigenvalue weighted by Gasteiger charge is 2.23. The number of rotatable bonds is 4. The van der Waals surface area contributed by atoms with Crippen LogP contribution in [0.1, 0.15) is 18.6 Å². The van der Waals surface area contributed by atoms with Crippen molar-refractivity contribution in [1.82, 2.24) is 0 Å². The van der Waals surface area contributed by atoms with Crippen LogP contribution < -0.4 is 0 Å². The van der Waals surface area contributed by atoms with Gasteiger partial charge in [-0.15, -0.1) is 0 Å². The Balaban J connectivity index is 3.03. The summed E-state index contributed by atoms with van der Waals surface area (Å²) in [6.45, 7) is 1.90. The maximum absolute atomic E-state index is 10.7. The second kappa shape index (κ2) is 5.22. The zero-order chi connectivity index (χ0) is 12.1. The zero-order valence-corrected chi connectivity index (χ0v) is 8.71. The van der Waals surface area contributed by atoms with E-state index in [1.54, 1.807) is 13.0 Å². The number of nitro groups is 1. The van der Waals surface area contributed by atoms with Gasteiger partial charge >= 0.3 is 0 Å². The first-order valence-electron chi connectivity index (χ1n) is 4.70. The average Bonchev–Trinajstić information content (AvgIpc) is 2.28. The molecule has 2 N–H and O–H groups in total. The highest BCUT2D eigenvalue weighted by Crippen LogP contribution is 2.25. The predicted molar refractivity (Wildman–Crippen MR) is 57.4 cm³/mol. The molecule has 1 aromatic rings. The van der Waals surface area contributed by atoms with E-state index in [0.717, 1.165) is 0 Å². The van der Waals surface area contributed by atoms with E-state index in [1.807, 2.05) is 0 Å². The van der Waals surface area contributed by atoms with Gasteiger partial charge in [-0.1, -0.05) is 12.1 Å². The van der Waals surface area contributed by atoms with Crippen LogP contribution in [0, 0.1) is 15.5 Å². The number of hydrogen-bond donors (Lipinski definition) is 2. The molecule has 1 aromatic carbocycles. The molecule has 0 heterocycles. The summed E-state index contributed by atoms with van der Waals surface area (Å²) in [6, 6.07) is 5.73. The van der Waals surface area contributed by atoms with E-state index in [-0.39, 0.29) is 17.9 Å². The highest BCUT2D eigenvalue weighted by molar-refractivity contribution is 5.80. The van der Waals surface area contributed by atoms with Crippen molar-refractivity contribution in [3.05, 3.63) is 39.9 Å². The fourth-order valence-electron chi connectivity index (χ4n) is 1.26. The first kappa shape index (κ1) is 12.1. The lowest BCUT2D eigenvalue weighted by Crippen LogP contribution is -2.15. The second-order valence-corrected chi connectivity index (χ2v) is 3.02. The van der Waals surface area contributed by atoms with E-state index in [0.29, 0.717) is 0 Å². The van der Waals surface area contributed by atoms with Crippen LogP contribution in [0.5, 0.6) is 0 Å². The third-order valence-electron chi connectivity index (χ3n) is 1.98. The molecule has 0 bridgehead atoms. The first-order chi connectivity index (χ1) is 7.57. The number of nitrogens with zero attached hydrogens (tertiary/aromatic N) is 1. The Hall–Kier alpha value is -1.95. The second-order valence-electron chi connectivity index (χ2n) is 3.02. The van der Waals surface area contributed by atoms with Crippen LogP contribution in [-0.4, -0.2) is 22.5 Å². The number of nitro benzene ring substituents is 1. The molecule has 0 unspecified atom stereocenters. The van der Waals surface area contributed by atoms with Crippen molar-refractivity contribution < 1.29 is 14.8 Å². The molecule has 1 atom stereocenters. The topological polar surface area (TPSA) is 96.5 Å². The Kier molecular flexibility index (Phi) is 3.96. The minimum Gasteiger partial charge on any atom is -0.479 e. The van der Waals surface area contributed by atoms with Crippen molar-refractivity contribution in [1.29, 1.82) is 5.41 Å². The summed E-state index contributed by atoms with van der Waals surface area (Å²) in [4.78, 5) is 10.1. The molecule has 16 heavy (non-hydrogen) atoms. The van der Waals surface area contributed by atoms with E-state index < -0.39 is 16.9 Å². The van der Waals surface area contributed by atoms with Crippen molar-refractivity contribution in [3.8, 4) is 0 Å². The fourth-order valence-corrected chi connectivity index (χ4v) is 1.26. The van der Waals surface area contributed by atoms with E-state index in [1.165, 1.54) is 18.2 Å². The van der Waals surface area contributed by atoms with Crippen LogP contribution in [0.3, 0.4) is 0 Å². The van der Waals surface area contributed by atoms with Crippen molar-refractivity contribution >= 4 is 11.6 Å². The molecule has 0 radical (unpaired) electrons. The van der Waals surface area contributed by atoms with Gasteiger partial charge in [0.2, 0.25) is 5.90 Å². The fraction of sp³-hybridized carbons (Fsp3) is 0.300. The summed E-state index contributed by atoms with van der Waals surface area (Å²) in [5.74, 6) is -0.392. The monoisotopic (exact) mass is 224 g/mol. The van der Waals surface area contributed by atoms with Gasteiger partial charge in [-0.25, -0.2) is 0 Å². The van der Waals surface area contributed by atoms with E-state index in [2.05, 4.69) is 0 Å². The van der Waals surface area contributed by atoms with E-state index in [9.17, 15) is 15.2 Å². The summed E-state index contributed by atoms with van der Waals surface area (Å²) in [7, 11) is 0. The molecule has 6 heteroatoms. The number of aliphatic hydroxyl groups is 1. The van der Waals surface area contributed by atoms with Gasteiger partial charge in [0.05, 0.1) is 17.1 Å². The van der Waals surface area contributed by atoms with Crippen molar-refractivity contribution in [2.75, 3.05) is 6.61 Å². The number of aliphatic hydroxyl groups excluding tert-OH is 1. The van der Waals surface area contributed by atoms with Gasteiger partial charge in [0.25, 0.3) is 5.69 Å². The van der Waals surface area contributed by atoms with Gasteiger partial charge < -0.3 is 9.84 Å². The maximum Gasteiger partial charge on any atom is 0.275 e. The minimum absolute atomic E-state index is 0.0611. The molecule has 0 amide bonds. The molecule has 1 rings (SSSR count).